The molecule has 0 unspecified atom stereocenters. The van der Waals surface area contributed by atoms with Gasteiger partial charge in [-0.05, 0) is 18.2 Å². The Morgan fingerprint density at radius 1 is 1.28 bits per heavy atom. The van der Waals surface area contributed by atoms with E-state index in [-0.39, 0.29) is 24.2 Å². The molecule has 4 N–H and O–H groups in total. The van der Waals surface area contributed by atoms with Crippen LogP contribution in [-0.4, -0.2) is 28.5 Å². The minimum absolute atomic E-state index is 0.110. The van der Waals surface area contributed by atoms with E-state index >= 15 is 0 Å². The van der Waals surface area contributed by atoms with Crippen molar-refractivity contribution in [2.45, 2.75) is 19.9 Å². The normalized spacial score (nSPS) is 11.1. The second-order valence-electron chi connectivity index (χ2n) is 4.42. The summed E-state index contributed by atoms with van der Waals surface area (Å²) in [5, 5.41) is 5.79. The smallest absolute Gasteiger partial charge is 0.323 e. The number of aromatic amines is 2. The van der Waals surface area contributed by atoms with Crippen molar-refractivity contribution < 1.29 is 4.79 Å². The van der Waals surface area contributed by atoms with Crippen molar-refractivity contribution in [3.05, 3.63) is 28.7 Å². The largest absolute Gasteiger partial charge is 0.325 e. The van der Waals surface area contributed by atoms with Crippen molar-refractivity contribution in [3.8, 4) is 0 Å². The van der Waals surface area contributed by atoms with Gasteiger partial charge in [-0.1, -0.05) is 13.8 Å². The molecule has 0 aliphatic carbocycles. The molecule has 0 bridgehead atoms. The molecule has 2 rings (SSSR count). The molecule has 6 heteroatoms. The van der Waals surface area contributed by atoms with Crippen LogP contribution in [-0.2, 0) is 4.79 Å². The number of carbonyl (C=O) groups excluding carboxylic acids is 1. The lowest BCUT2D eigenvalue weighted by molar-refractivity contribution is -0.115. The molecule has 0 saturated carbocycles. The number of hydrogen-bond donors (Lipinski definition) is 4. The lowest BCUT2D eigenvalue weighted by Crippen LogP contribution is -2.32. The van der Waals surface area contributed by atoms with E-state index in [9.17, 15) is 9.59 Å². The number of hydrogen-bond acceptors (Lipinski definition) is 3. The highest BCUT2D eigenvalue weighted by Gasteiger charge is 2.04. The van der Waals surface area contributed by atoms with Gasteiger partial charge >= 0.3 is 5.69 Å². The Kier molecular flexibility index (Phi) is 3.47. The van der Waals surface area contributed by atoms with Gasteiger partial charge in [-0.15, -0.1) is 0 Å². The first kappa shape index (κ1) is 12.4. The maximum Gasteiger partial charge on any atom is 0.323 e. The van der Waals surface area contributed by atoms with Gasteiger partial charge in [0.2, 0.25) is 5.91 Å². The van der Waals surface area contributed by atoms with Crippen LogP contribution in [0.3, 0.4) is 0 Å². The molecule has 0 spiro atoms. The maximum absolute atomic E-state index is 11.6. The Hall–Kier alpha value is -2.08. The number of aromatic nitrogens is 2. The van der Waals surface area contributed by atoms with E-state index in [2.05, 4.69) is 20.6 Å². The molecule has 1 aromatic heterocycles. The zero-order chi connectivity index (χ0) is 13.1. The van der Waals surface area contributed by atoms with E-state index < -0.39 is 0 Å². The highest BCUT2D eigenvalue weighted by atomic mass is 16.2. The summed E-state index contributed by atoms with van der Waals surface area (Å²) in [6, 6.07) is 5.48. The van der Waals surface area contributed by atoms with Gasteiger partial charge in [0.05, 0.1) is 17.6 Å². The van der Waals surface area contributed by atoms with Crippen molar-refractivity contribution >= 4 is 22.6 Å². The van der Waals surface area contributed by atoms with Crippen molar-refractivity contribution in [1.82, 2.24) is 15.3 Å². The number of anilines is 1. The van der Waals surface area contributed by atoms with Crippen molar-refractivity contribution in [2.24, 2.45) is 0 Å². The number of amides is 1. The molecule has 1 amide bonds. The molecule has 0 fully saturated rings. The van der Waals surface area contributed by atoms with E-state index in [1.54, 1.807) is 18.2 Å². The van der Waals surface area contributed by atoms with Gasteiger partial charge in [0, 0.05) is 11.7 Å². The number of nitrogens with one attached hydrogen (secondary N) is 4. The quantitative estimate of drug-likeness (QED) is 0.645. The summed E-state index contributed by atoms with van der Waals surface area (Å²) in [7, 11) is 0. The molecule has 96 valence electrons. The average molecular weight is 248 g/mol. The summed E-state index contributed by atoms with van der Waals surface area (Å²) in [5.41, 5.74) is 1.80. The summed E-state index contributed by atoms with van der Waals surface area (Å²) >= 11 is 0. The first-order chi connectivity index (χ1) is 8.54. The van der Waals surface area contributed by atoms with Gasteiger partial charge in [-0.25, -0.2) is 4.79 Å². The summed E-state index contributed by atoms with van der Waals surface area (Å²) in [6.07, 6.45) is 0. The molecule has 6 nitrogen and oxygen atoms in total. The molecule has 0 aliphatic rings. The molecule has 18 heavy (non-hydrogen) atoms. The van der Waals surface area contributed by atoms with E-state index in [1.165, 1.54) is 0 Å². The number of imidazole rings is 1. The summed E-state index contributed by atoms with van der Waals surface area (Å²) in [5.74, 6) is -0.110. The van der Waals surface area contributed by atoms with Crippen LogP contribution in [0.2, 0.25) is 0 Å². The minimum Gasteiger partial charge on any atom is -0.325 e. The van der Waals surface area contributed by atoms with Crippen LogP contribution in [0.5, 0.6) is 0 Å². The predicted octanol–water partition coefficient (Wildman–Crippen LogP) is 0.793. The third kappa shape index (κ3) is 2.98. The summed E-state index contributed by atoms with van der Waals surface area (Å²) < 4.78 is 0. The van der Waals surface area contributed by atoms with Gasteiger partial charge in [-0.2, -0.15) is 0 Å². The van der Waals surface area contributed by atoms with E-state index in [0.717, 1.165) is 5.52 Å². The first-order valence-corrected chi connectivity index (χ1v) is 5.80. The fourth-order valence-electron chi connectivity index (χ4n) is 1.61. The standard InChI is InChI=1S/C12H16N4O2/c1-7(2)13-6-11(17)14-8-3-4-9-10(5-8)16-12(18)15-9/h3-5,7,13H,6H2,1-2H3,(H,14,17)(H2,15,16,18). The Bertz CT molecular complexity index is 612. The Balaban J connectivity index is 2.07. The molecule has 0 radical (unpaired) electrons. The Labute approximate surface area is 104 Å². The van der Waals surface area contributed by atoms with Gasteiger partial charge in [-0.3, -0.25) is 4.79 Å². The van der Waals surface area contributed by atoms with Crippen LogP contribution >= 0.6 is 0 Å². The maximum atomic E-state index is 11.6. The number of carbonyl (C=O) groups is 1. The highest BCUT2D eigenvalue weighted by Crippen LogP contribution is 2.14. The number of rotatable bonds is 4. The van der Waals surface area contributed by atoms with Crippen molar-refractivity contribution in [3.63, 3.8) is 0 Å². The Morgan fingerprint density at radius 3 is 2.72 bits per heavy atom. The topological polar surface area (TPSA) is 89.8 Å². The number of benzene rings is 1. The number of H-pyrrole nitrogens is 2. The monoisotopic (exact) mass is 248 g/mol. The fraction of sp³-hybridized carbons (Fsp3) is 0.333. The van der Waals surface area contributed by atoms with Crippen LogP contribution in [0.4, 0.5) is 5.69 Å². The van der Waals surface area contributed by atoms with Crippen LogP contribution in [0.1, 0.15) is 13.8 Å². The zero-order valence-electron chi connectivity index (χ0n) is 10.3. The lowest BCUT2D eigenvalue weighted by atomic mass is 10.2. The second-order valence-corrected chi connectivity index (χ2v) is 4.42. The van der Waals surface area contributed by atoms with Gasteiger partial charge in [0.25, 0.3) is 0 Å². The molecular formula is C12H16N4O2. The molecule has 1 aromatic carbocycles. The fourth-order valence-corrected chi connectivity index (χ4v) is 1.61. The number of fused-ring (bicyclic) bond motifs is 1. The van der Waals surface area contributed by atoms with E-state index in [4.69, 9.17) is 0 Å². The van der Waals surface area contributed by atoms with Gasteiger partial charge in [0.1, 0.15) is 0 Å². The zero-order valence-corrected chi connectivity index (χ0v) is 10.3. The van der Waals surface area contributed by atoms with E-state index in [0.29, 0.717) is 11.2 Å². The Morgan fingerprint density at radius 2 is 2.00 bits per heavy atom. The third-order valence-electron chi connectivity index (χ3n) is 2.47. The van der Waals surface area contributed by atoms with Crippen molar-refractivity contribution in [2.75, 3.05) is 11.9 Å². The second kappa shape index (κ2) is 5.05. The van der Waals surface area contributed by atoms with Crippen LogP contribution in [0.15, 0.2) is 23.0 Å². The molecule has 0 saturated heterocycles. The van der Waals surface area contributed by atoms with Crippen LogP contribution < -0.4 is 16.3 Å². The molecule has 0 aliphatic heterocycles. The highest BCUT2D eigenvalue weighted by molar-refractivity contribution is 5.94. The lowest BCUT2D eigenvalue weighted by Gasteiger charge is -2.08. The van der Waals surface area contributed by atoms with Gasteiger partial charge in [0.15, 0.2) is 0 Å². The van der Waals surface area contributed by atoms with Crippen LogP contribution in [0, 0.1) is 0 Å². The van der Waals surface area contributed by atoms with Crippen molar-refractivity contribution in [1.29, 1.82) is 0 Å². The average Bonchev–Trinajstić information content (AvgIpc) is 2.66. The molecule has 0 atom stereocenters. The minimum atomic E-state index is -0.255. The summed E-state index contributed by atoms with van der Waals surface area (Å²) in [4.78, 5) is 28.0. The SMILES string of the molecule is CC(C)NCC(=O)Nc1ccc2[nH]c(=O)[nH]c2c1. The molecular weight excluding hydrogens is 232 g/mol. The summed E-state index contributed by atoms with van der Waals surface area (Å²) in [6.45, 7) is 4.22. The van der Waals surface area contributed by atoms with E-state index in [1.807, 2.05) is 13.8 Å². The predicted molar refractivity (Wildman–Crippen MR) is 70.7 cm³/mol. The molecule has 1 heterocycles. The molecule has 2 aromatic rings. The first-order valence-electron chi connectivity index (χ1n) is 5.80. The third-order valence-corrected chi connectivity index (χ3v) is 2.47. The van der Waals surface area contributed by atoms with Gasteiger partial charge < -0.3 is 20.6 Å². The van der Waals surface area contributed by atoms with Crippen LogP contribution in [0.25, 0.3) is 11.0 Å².